The zero-order valence-electron chi connectivity index (χ0n) is 51.6. The van der Waals surface area contributed by atoms with Crippen molar-refractivity contribution in [2.45, 2.75) is 181 Å². The van der Waals surface area contributed by atoms with Gasteiger partial charge in [0, 0.05) is 55.9 Å². The summed E-state index contributed by atoms with van der Waals surface area (Å²) in [6, 6.07) is 59.5. The van der Waals surface area contributed by atoms with E-state index in [2.05, 4.69) is 284 Å². The van der Waals surface area contributed by atoms with Crippen LogP contribution in [0.1, 0.15) is 177 Å². The quantitative estimate of drug-likeness (QED) is 0.160. The molecule has 1 fully saturated rings. The summed E-state index contributed by atoms with van der Waals surface area (Å²) >= 11 is 0. The molecule has 4 heterocycles. The second-order valence-corrected chi connectivity index (χ2v) is 30.2. The number of hydrogen-bond donors (Lipinski definition) is 0. The van der Waals surface area contributed by atoms with E-state index >= 15 is 0 Å². The van der Waals surface area contributed by atoms with Crippen LogP contribution in [0.4, 0.5) is 45.5 Å². The van der Waals surface area contributed by atoms with Gasteiger partial charge in [0.2, 0.25) is 0 Å². The topological polar surface area (TPSA) is 22.9 Å². The van der Waals surface area contributed by atoms with Crippen LogP contribution in [-0.2, 0) is 32.5 Å². The van der Waals surface area contributed by atoms with Crippen molar-refractivity contribution in [3.8, 4) is 11.1 Å². The highest BCUT2D eigenvalue weighted by Crippen LogP contribution is 2.63. The molecule has 0 spiro atoms. The van der Waals surface area contributed by atoms with E-state index < -0.39 is 0 Å². The molecule has 412 valence electrons. The first-order valence-electron chi connectivity index (χ1n) is 30.2. The normalized spacial score (nSPS) is 18.8. The fourth-order valence-electron chi connectivity index (χ4n) is 14.7. The number of furan rings is 1. The van der Waals surface area contributed by atoms with E-state index in [1.165, 1.54) is 107 Å². The predicted octanol–water partition coefficient (Wildman–Crippen LogP) is 19.6. The van der Waals surface area contributed by atoms with E-state index in [1.807, 2.05) is 0 Å². The Bertz CT molecular complexity index is 3940. The summed E-state index contributed by atoms with van der Waals surface area (Å²) in [5.74, 6) is 0. The molecule has 0 N–H and O–H groups in total. The highest BCUT2D eigenvalue weighted by molar-refractivity contribution is 7.02. The molecule has 1 aliphatic carbocycles. The molecule has 4 nitrogen and oxygen atoms in total. The van der Waals surface area contributed by atoms with E-state index in [0.29, 0.717) is 0 Å². The van der Waals surface area contributed by atoms with Crippen molar-refractivity contribution in [2.75, 3.05) is 14.7 Å². The van der Waals surface area contributed by atoms with E-state index in [0.717, 1.165) is 46.8 Å². The van der Waals surface area contributed by atoms with E-state index in [1.54, 1.807) is 0 Å². The zero-order valence-corrected chi connectivity index (χ0v) is 51.6. The molecule has 8 aromatic carbocycles. The minimum absolute atomic E-state index is 0.00597. The van der Waals surface area contributed by atoms with Gasteiger partial charge in [0.25, 0.3) is 6.71 Å². The van der Waals surface area contributed by atoms with Crippen molar-refractivity contribution in [3.63, 3.8) is 0 Å². The van der Waals surface area contributed by atoms with Gasteiger partial charge in [-0.25, -0.2) is 0 Å². The summed E-state index contributed by atoms with van der Waals surface area (Å²) < 4.78 is 7.17. The standard InChI is InChI=1S/C76H84BN3O/c1-70(2,3)48-25-31-53(32-26-48)78(54-33-27-49(28-34-54)71(4,5)6)55-45-62-67-63(46-55)80-69-58(75(16)39-21-22-40-76(75,80)17)42-52(74(13,14)15)43-59(69)77(67)68-61(37-38-64-66(68)56-35-29-51(73(10,11)12)44-65(56)81-64)79(62)60-36-30-50(72(7,8)9)41-57(60)47-23-19-18-20-24-47/h18-20,23-38,41-46H,21-22,39-40H2,1-17H3. The Morgan fingerprint density at radius 3 is 1.60 bits per heavy atom. The van der Waals surface area contributed by atoms with Crippen LogP contribution in [0.25, 0.3) is 33.1 Å². The zero-order chi connectivity index (χ0) is 57.3. The van der Waals surface area contributed by atoms with Crippen LogP contribution >= 0.6 is 0 Å². The van der Waals surface area contributed by atoms with Crippen molar-refractivity contribution in [1.82, 2.24) is 0 Å². The summed E-state index contributed by atoms with van der Waals surface area (Å²) in [6.07, 6.45) is 4.68. The fraction of sp³-hybridized carbons (Fsp3) is 0.368. The van der Waals surface area contributed by atoms with Gasteiger partial charge in [-0.05, 0) is 169 Å². The summed E-state index contributed by atoms with van der Waals surface area (Å²) in [5.41, 5.74) is 25.8. The highest BCUT2D eigenvalue weighted by atomic mass is 16.3. The Morgan fingerprint density at radius 1 is 0.457 bits per heavy atom. The van der Waals surface area contributed by atoms with Crippen molar-refractivity contribution in [3.05, 3.63) is 185 Å². The van der Waals surface area contributed by atoms with Gasteiger partial charge in [-0.3, -0.25) is 0 Å². The molecule has 9 aromatic rings. The second kappa shape index (κ2) is 17.8. The molecule has 2 atom stereocenters. The van der Waals surface area contributed by atoms with Crippen LogP contribution < -0.4 is 31.1 Å². The van der Waals surface area contributed by atoms with Crippen molar-refractivity contribution < 1.29 is 4.42 Å². The van der Waals surface area contributed by atoms with E-state index in [4.69, 9.17) is 4.42 Å². The first-order valence-corrected chi connectivity index (χ1v) is 30.2. The third-order valence-corrected chi connectivity index (χ3v) is 19.8. The lowest BCUT2D eigenvalue weighted by atomic mass is 9.32. The summed E-state index contributed by atoms with van der Waals surface area (Å²) in [6.45, 7) is 40.2. The lowest BCUT2D eigenvalue weighted by molar-refractivity contribution is 0.195. The molecular weight excluding hydrogens is 982 g/mol. The first-order chi connectivity index (χ1) is 38.1. The molecule has 5 heteroatoms. The molecule has 0 saturated heterocycles. The first kappa shape index (κ1) is 53.3. The number of anilines is 8. The van der Waals surface area contributed by atoms with Crippen LogP contribution in [0.3, 0.4) is 0 Å². The molecule has 4 aliphatic rings. The van der Waals surface area contributed by atoms with Gasteiger partial charge in [-0.2, -0.15) is 0 Å². The van der Waals surface area contributed by atoms with Crippen molar-refractivity contribution in [2.24, 2.45) is 0 Å². The van der Waals surface area contributed by atoms with Gasteiger partial charge < -0.3 is 19.1 Å². The Hall–Kier alpha value is -6.98. The van der Waals surface area contributed by atoms with Gasteiger partial charge in [0.05, 0.1) is 16.9 Å². The van der Waals surface area contributed by atoms with Crippen LogP contribution in [-0.4, -0.2) is 12.3 Å². The number of rotatable bonds is 5. The van der Waals surface area contributed by atoms with E-state index in [-0.39, 0.29) is 44.7 Å². The molecule has 81 heavy (non-hydrogen) atoms. The third-order valence-electron chi connectivity index (χ3n) is 19.8. The molecule has 2 unspecified atom stereocenters. The fourth-order valence-corrected chi connectivity index (χ4v) is 14.7. The number of hydrogen-bond acceptors (Lipinski definition) is 4. The summed E-state index contributed by atoms with van der Waals surface area (Å²) in [4.78, 5) is 8.15. The lowest BCUT2D eigenvalue weighted by Gasteiger charge is -2.53. The second-order valence-electron chi connectivity index (χ2n) is 30.2. The van der Waals surface area contributed by atoms with Crippen molar-refractivity contribution in [1.29, 1.82) is 0 Å². The molecule has 1 saturated carbocycles. The Balaban J connectivity index is 1.22. The molecule has 0 radical (unpaired) electrons. The number of fused-ring (bicyclic) bond motifs is 11. The van der Waals surface area contributed by atoms with Gasteiger partial charge in [0.15, 0.2) is 0 Å². The highest BCUT2D eigenvalue weighted by Gasteiger charge is 2.62. The summed E-state index contributed by atoms with van der Waals surface area (Å²) in [7, 11) is 0. The maximum absolute atomic E-state index is 7.17. The Morgan fingerprint density at radius 2 is 1.00 bits per heavy atom. The molecule has 3 aliphatic heterocycles. The van der Waals surface area contributed by atoms with Gasteiger partial charge in [-0.1, -0.05) is 209 Å². The number of benzene rings is 8. The monoisotopic (exact) mass is 1070 g/mol. The van der Waals surface area contributed by atoms with E-state index in [9.17, 15) is 0 Å². The predicted molar refractivity (Wildman–Crippen MR) is 349 cm³/mol. The Labute approximate surface area is 484 Å². The Kier molecular flexibility index (Phi) is 11.7. The maximum Gasteiger partial charge on any atom is 0.253 e. The minimum Gasteiger partial charge on any atom is -0.456 e. The van der Waals surface area contributed by atoms with Gasteiger partial charge >= 0.3 is 0 Å². The van der Waals surface area contributed by atoms with Crippen LogP contribution in [0.15, 0.2) is 156 Å². The molecule has 1 aromatic heterocycles. The molecule has 13 rings (SSSR count). The molecular formula is C76H84BN3O. The minimum atomic E-state index is -0.198. The smallest absolute Gasteiger partial charge is 0.253 e. The van der Waals surface area contributed by atoms with Crippen molar-refractivity contribution >= 4 is 90.5 Å². The van der Waals surface area contributed by atoms with Crippen LogP contribution in [0.5, 0.6) is 0 Å². The molecule has 0 bridgehead atoms. The van der Waals surface area contributed by atoms with Crippen LogP contribution in [0, 0.1) is 0 Å². The third kappa shape index (κ3) is 8.19. The lowest BCUT2D eigenvalue weighted by Crippen LogP contribution is -2.64. The van der Waals surface area contributed by atoms with Gasteiger partial charge in [-0.15, -0.1) is 0 Å². The van der Waals surface area contributed by atoms with Gasteiger partial charge in [0.1, 0.15) is 11.2 Å². The SMILES string of the molecule is CC(C)(C)c1ccc(N(c2ccc(C(C)(C)C)cc2)c2cc3c4c(c2)N2c5c(cc(C(C)(C)C)cc5C5(C)CCCCC25C)B4c2c(ccc4oc5cc(C(C)(C)C)ccc5c24)N3c2ccc(C(C)(C)C)cc2-c2ccccc2)cc1. The van der Waals surface area contributed by atoms with Crippen LogP contribution in [0.2, 0.25) is 0 Å². The largest absolute Gasteiger partial charge is 0.456 e. The average Bonchev–Trinajstić information content (AvgIpc) is 1.72. The molecule has 0 amide bonds. The summed E-state index contributed by atoms with van der Waals surface area (Å²) in [5, 5.41) is 2.38. The maximum atomic E-state index is 7.17. The number of nitrogens with zero attached hydrogens (tertiary/aromatic N) is 3. The average molecular weight is 1070 g/mol.